The van der Waals surface area contributed by atoms with Crippen LogP contribution in [-0.4, -0.2) is 11.0 Å². The fraction of sp³-hybridized carbons (Fsp3) is 0.700. The van der Waals surface area contributed by atoms with E-state index in [-0.39, 0.29) is 4.87 Å². The average molecular weight is 210 g/mol. The van der Waals surface area contributed by atoms with E-state index < -0.39 is 0 Å². The minimum absolute atomic E-state index is 0.0853. The van der Waals surface area contributed by atoms with Gasteiger partial charge in [0.25, 0.3) is 0 Å². The predicted octanol–water partition coefficient (Wildman–Crippen LogP) is 1.56. The molecule has 4 heteroatoms. The molecule has 1 saturated heterocycles. The van der Waals surface area contributed by atoms with Gasteiger partial charge in [-0.3, -0.25) is 4.79 Å². The standard InChI is InChI=1S/C10H14N2OS/c1-5-8(12-10(13)14-5)9-6-2-3-7(4-6)11-9/h6-7,9,11H,2-4H2,1H3,(H,12,13). The van der Waals surface area contributed by atoms with E-state index in [9.17, 15) is 4.79 Å². The van der Waals surface area contributed by atoms with E-state index in [1.54, 1.807) is 0 Å². The Morgan fingerprint density at radius 1 is 1.43 bits per heavy atom. The number of hydrogen-bond acceptors (Lipinski definition) is 3. The van der Waals surface area contributed by atoms with Gasteiger partial charge in [-0.1, -0.05) is 11.3 Å². The molecule has 3 rings (SSSR count). The van der Waals surface area contributed by atoms with Gasteiger partial charge in [-0.2, -0.15) is 0 Å². The van der Waals surface area contributed by atoms with Gasteiger partial charge in [0.05, 0.1) is 6.04 Å². The molecule has 0 aromatic carbocycles. The first kappa shape index (κ1) is 8.68. The highest BCUT2D eigenvalue weighted by atomic mass is 32.1. The van der Waals surface area contributed by atoms with Gasteiger partial charge >= 0.3 is 4.87 Å². The number of aromatic amines is 1. The second kappa shape index (κ2) is 2.94. The van der Waals surface area contributed by atoms with Crippen molar-refractivity contribution in [1.82, 2.24) is 10.3 Å². The second-order valence-corrected chi connectivity index (χ2v) is 5.59. The first-order chi connectivity index (χ1) is 6.74. The summed E-state index contributed by atoms with van der Waals surface area (Å²) < 4.78 is 0. The van der Waals surface area contributed by atoms with Crippen LogP contribution in [-0.2, 0) is 0 Å². The third-order valence-corrected chi connectivity index (χ3v) is 4.35. The molecule has 0 spiro atoms. The number of aryl methyl sites for hydroxylation is 1. The van der Waals surface area contributed by atoms with Gasteiger partial charge in [0, 0.05) is 16.6 Å². The monoisotopic (exact) mass is 210 g/mol. The number of nitrogens with one attached hydrogen (secondary N) is 2. The summed E-state index contributed by atoms with van der Waals surface area (Å²) >= 11 is 1.33. The molecule has 2 N–H and O–H groups in total. The predicted molar refractivity (Wildman–Crippen MR) is 56.7 cm³/mol. The van der Waals surface area contributed by atoms with Crippen LogP contribution in [0.5, 0.6) is 0 Å². The maximum absolute atomic E-state index is 11.2. The molecular weight excluding hydrogens is 196 g/mol. The Morgan fingerprint density at radius 3 is 2.79 bits per heavy atom. The highest BCUT2D eigenvalue weighted by Gasteiger charge is 2.40. The molecule has 1 aromatic heterocycles. The van der Waals surface area contributed by atoms with Crippen LogP contribution in [0.2, 0.25) is 0 Å². The van der Waals surface area contributed by atoms with E-state index in [2.05, 4.69) is 10.3 Å². The molecule has 2 fully saturated rings. The summed E-state index contributed by atoms with van der Waals surface area (Å²) in [7, 11) is 0. The number of rotatable bonds is 1. The Labute approximate surface area is 86.5 Å². The first-order valence-corrected chi connectivity index (χ1v) is 6.01. The summed E-state index contributed by atoms with van der Waals surface area (Å²) in [4.78, 5) is 15.4. The number of hydrogen-bond donors (Lipinski definition) is 2. The summed E-state index contributed by atoms with van der Waals surface area (Å²) in [6.07, 6.45) is 3.93. The maximum Gasteiger partial charge on any atom is 0.304 e. The minimum Gasteiger partial charge on any atom is -0.315 e. The molecule has 0 radical (unpaired) electrons. The molecule has 2 heterocycles. The van der Waals surface area contributed by atoms with Crippen molar-refractivity contribution in [1.29, 1.82) is 0 Å². The van der Waals surface area contributed by atoms with E-state index >= 15 is 0 Å². The van der Waals surface area contributed by atoms with E-state index in [4.69, 9.17) is 0 Å². The largest absolute Gasteiger partial charge is 0.315 e. The number of piperidine rings is 1. The Bertz CT molecular complexity index is 408. The number of H-pyrrole nitrogens is 1. The quantitative estimate of drug-likeness (QED) is 0.739. The lowest BCUT2D eigenvalue weighted by molar-refractivity contribution is 0.385. The lowest BCUT2D eigenvalue weighted by Crippen LogP contribution is -2.29. The molecular formula is C10H14N2OS. The van der Waals surface area contributed by atoms with Gasteiger partial charge in [-0.15, -0.1) is 0 Å². The van der Waals surface area contributed by atoms with Crippen LogP contribution >= 0.6 is 11.3 Å². The molecule has 1 aliphatic heterocycles. The van der Waals surface area contributed by atoms with Crippen molar-refractivity contribution in [3.8, 4) is 0 Å². The van der Waals surface area contributed by atoms with Crippen LogP contribution < -0.4 is 10.2 Å². The van der Waals surface area contributed by atoms with Crippen LogP contribution in [0, 0.1) is 12.8 Å². The van der Waals surface area contributed by atoms with Gasteiger partial charge in [0.1, 0.15) is 0 Å². The zero-order chi connectivity index (χ0) is 9.71. The van der Waals surface area contributed by atoms with Gasteiger partial charge in [-0.25, -0.2) is 0 Å². The number of fused-ring (bicyclic) bond motifs is 2. The lowest BCUT2D eigenvalue weighted by Gasteiger charge is -2.22. The van der Waals surface area contributed by atoms with Crippen molar-refractivity contribution in [2.45, 2.75) is 38.3 Å². The zero-order valence-corrected chi connectivity index (χ0v) is 8.99. The van der Waals surface area contributed by atoms with E-state index in [0.717, 1.165) is 16.5 Å². The zero-order valence-electron chi connectivity index (χ0n) is 8.17. The van der Waals surface area contributed by atoms with Crippen molar-refractivity contribution in [3.05, 3.63) is 20.2 Å². The fourth-order valence-corrected chi connectivity index (χ4v) is 3.62. The van der Waals surface area contributed by atoms with E-state index in [0.29, 0.717) is 12.1 Å². The van der Waals surface area contributed by atoms with E-state index in [1.165, 1.54) is 30.6 Å². The topological polar surface area (TPSA) is 44.9 Å². The normalized spacial score (nSPS) is 35.4. The lowest BCUT2D eigenvalue weighted by atomic mass is 9.97. The van der Waals surface area contributed by atoms with Crippen molar-refractivity contribution in [2.75, 3.05) is 0 Å². The molecule has 2 bridgehead atoms. The van der Waals surface area contributed by atoms with Crippen LogP contribution in [0.4, 0.5) is 0 Å². The molecule has 76 valence electrons. The SMILES string of the molecule is Cc1sc(=O)[nH]c1C1NC2CCC1C2. The van der Waals surface area contributed by atoms with Gasteiger partial charge in [0.2, 0.25) is 0 Å². The van der Waals surface area contributed by atoms with Crippen molar-refractivity contribution in [3.63, 3.8) is 0 Å². The Balaban J connectivity index is 1.96. The Morgan fingerprint density at radius 2 is 2.29 bits per heavy atom. The van der Waals surface area contributed by atoms with Crippen molar-refractivity contribution >= 4 is 11.3 Å². The van der Waals surface area contributed by atoms with E-state index in [1.807, 2.05) is 6.92 Å². The molecule has 3 nitrogen and oxygen atoms in total. The molecule has 3 atom stereocenters. The van der Waals surface area contributed by atoms with Crippen LogP contribution in [0.1, 0.15) is 35.9 Å². The van der Waals surface area contributed by atoms with Crippen molar-refractivity contribution in [2.24, 2.45) is 5.92 Å². The van der Waals surface area contributed by atoms with Gasteiger partial charge in [0.15, 0.2) is 0 Å². The molecule has 3 unspecified atom stereocenters. The molecule has 1 aromatic rings. The first-order valence-electron chi connectivity index (χ1n) is 5.19. The smallest absolute Gasteiger partial charge is 0.304 e. The van der Waals surface area contributed by atoms with Crippen LogP contribution in [0.25, 0.3) is 0 Å². The number of aromatic nitrogens is 1. The van der Waals surface area contributed by atoms with Gasteiger partial charge in [-0.05, 0) is 32.1 Å². The molecule has 2 aliphatic rings. The third-order valence-electron chi connectivity index (χ3n) is 3.53. The van der Waals surface area contributed by atoms with Gasteiger partial charge < -0.3 is 10.3 Å². The molecule has 1 aliphatic carbocycles. The summed E-state index contributed by atoms with van der Waals surface area (Å²) in [5.41, 5.74) is 1.15. The van der Waals surface area contributed by atoms with Crippen LogP contribution in [0.15, 0.2) is 4.79 Å². The molecule has 0 amide bonds. The summed E-state index contributed by atoms with van der Waals surface area (Å²) in [6, 6.07) is 1.13. The second-order valence-electron chi connectivity index (χ2n) is 4.40. The average Bonchev–Trinajstić information content (AvgIpc) is 2.79. The Kier molecular flexibility index (Phi) is 1.82. The summed E-state index contributed by atoms with van der Waals surface area (Å²) in [5.74, 6) is 0.754. The summed E-state index contributed by atoms with van der Waals surface area (Å²) in [6.45, 7) is 2.03. The van der Waals surface area contributed by atoms with Crippen LogP contribution in [0.3, 0.4) is 0 Å². The maximum atomic E-state index is 11.2. The number of thiazole rings is 1. The van der Waals surface area contributed by atoms with Crippen molar-refractivity contribution < 1.29 is 0 Å². The minimum atomic E-state index is 0.0853. The molecule has 14 heavy (non-hydrogen) atoms. The highest BCUT2D eigenvalue weighted by Crippen LogP contribution is 2.43. The fourth-order valence-electron chi connectivity index (χ4n) is 2.89. The Hall–Kier alpha value is -0.610. The summed E-state index contributed by atoms with van der Waals surface area (Å²) in [5, 5.41) is 3.60. The molecule has 1 saturated carbocycles. The highest BCUT2D eigenvalue weighted by molar-refractivity contribution is 7.09. The third kappa shape index (κ3) is 1.17.